The Bertz CT molecular complexity index is 776. The van der Waals surface area contributed by atoms with Crippen LogP contribution in [0.4, 0.5) is 0 Å². The zero-order chi connectivity index (χ0) is 15.4. The van der Waals surface area contributed by atoms with Crippen LogP contribution in [-0.2, 0) is 17.6 Å². The van der Waals surface area contributed by atoms with E-state index in [2.05, 4.69) is 16.0 Å². The lowest BCUT2D eigenvalue weighted by Gasteiger charge is -1.96. The van der Waals surface area contributed by atoms with Crippen molar-refractivity contribution in [3.8, 4) is 0 Å². The van der Waals surface area contributed by atoms with Crippen molar-refractivity contribution in [1.29, 1.82) is 0 Å². The van der Waals surface area contributed by atoms with Gasteiger partial charge in [-0.15, -0.1) is 0 Å². The van der Waals surface area contributed by atoms with E-state index in [-0.39, 0.29) is 12.3 Å². The minimum Gasteiger partial charge on any atom is -0.448 e. The summed E-state index contributed by atoms with van der Waals surface area (Å²) in [5.41, 5.74) is 4.68. The van der Waals surface area contributed by atoms with Crippen molar-refractivity contribution in [1.82, 2.24) is 15.4 Å². The lowest BCUT2D eigenvalue weighted by molar-refractivity contribution is -0.129. The van der Waals surface area contributed by atoms with Crippen molar-refractivity contribution >= 4 is 16.8 Å². The number of benzene rings is 1. The molecule has 1 aromatic carbocycles. The number of aromatic nitrogens is 2. The highest BCUT2D eigenvalue weighted by Crippen LogP contribution is 2.20. The van der Waals surface area contributed by atoms with Crippen molar-refractivity contribution < 1.29 is 14.4 Å². The number of hydroxylamine groups is 1. The smallest absolute Gasteiger partial charge is 0.243 e. The third-order valence-electron chi connectivity index (χ3n) is 3.58. The summed E-state index contributed by atoms with van der Waals surface area (Å²) in [6, 6.07) is 8.10. The van der Waals surface area contributed by atoms with E-state index >= 15 is 0 Å². The van der Waals surface area contributed by atoms with E-state index < -0.39 is 0 Å². The summed E-state index contributed by atoms with van der Waals surface area (Å²) in [4.78, 5) is 18.6. The van der Waals surface area contributed by atoms with Crippen molar-refractivity contribution in [2.24, 2.45) is 0 Å². The highest BCUT2D eigenvalue weighted by molar-refractivity contribution is 5.83. The van der Waals surface area contributed by atoms with Crippen LogP contribution in [-0.4, -0.2) is 21.1 Å². The van der Waals surface area contributed by atoms with E-state index in [1.54, 1.807) is 11.7 Å². The molecule has 2 aromatic heterocycles. The Morgan fingerprint density at radius 1 is 1.36 bits per heavy atom. The van der Waals surface area contributed by atoms with Gasteiger partial charge in [-0.05, 0) is 24.5 Å². The molecule has 22 heavy (non-hydrogen) atoms. The molecule has 0 atom stereocenters. The van der Waals surface area contributed by atoms with Crippen LogP contribution >= 0.6 is 0 Å². The van der Waals surface area contributed by atoms with E-state index in [0.717, 1.165) is 16.8 Å². The molecule has 0 radical (unpaired) electrons. The van der Waals surface area contributed by atoms with Gasteiger partial charge < -0.3 is 9.40 Å². The molecule has 3 N–H and O–H groups in total. The zero-order valence-corrected chi connectivity index (χ0v) is 12.0. The predicted octanol–water partition coefficient (Wildman–Crippen LogP) is 2.57. The van der Waals surface area contributed by atoms with Crippen LogP contribution in [0.5, 0.6) is 0 Å². The van der Waals surface area contributed by atoms with Crippen LogP contribution in [0.25, 0.3) is 10.9 Å². The molecule has 0 aliphatic rings. The minimum absolute atomic E-state index is 0.265. The first-order valence-corrected chi connectivity index (χ1v) is 7.17. The summed E-state index contributed by atoms with van der Waals surface area (Å²) in [6.07, 6.45) is 5.75. The molecule has 6 heteroatoms. The molecule has 0 aliphatic carbocycles. The van der Waals surface area contributed by atoms with Crippen LogP contribution in [0.1, 0.15) is 30.0 Å². The first-order valence-electron chi connectivity index (χ1n) is 7.17. The van der Waals surface area contributed by atoms with Crippen LogP contribution in [0, 0.1) is 0 Å². The maximum Gasteiger partial charge on any atom is 0.243 e. The fraction of sp³-hybridized carbons (Fsp3) is 0.250. The molecule has 0 aliphatic heterocycles. The number of aryl methyl sites for hydroxylation is 1. The third kappa shape index (κ3) is 3.17. The number of hydrogen-bond donors (Lipinski definition) is 3. The van der Waals surface area contributed by atoms with Gasteiger partial charge in [0.25, 0.3) is 0 Å². The fourth-order valence-corrected chi connectivity index (χ4v) is 2.47. The molecule has 2 heterocycles. The van der Waals surface area contributed by atoms with Crippen LogP contribution < -0.4 is 5.48 Å². The molecule has 3 aromatic rings. The number of aromatic amines is 1. The monoisotopic (exact) mass is 299 g/mol. The molecule has 0 saturated carbocycles. The van der Waals surface area contributed by atoms with Gasteiger partial charge in [0.15, 0.2) is 5.89 Å². The normalized spacial score (nSPS) is 11.0. The van der Waals surface area contributed by atoms with E-state index in [1.165, 1.54) is 5.39 Å². The molecular formula is C16H17N3O3. The van der Waals surface area contributed by atoms with Crippen molar-refractivity contribution in [2.75, 3.05) is 0 Å². The zero-order valence-electron chi connectivity index (χ0n) is 12.0. The second-order valence-electron chi connectivity index (χ2n) is 5.16. The molecular weight excluding hydrogens is 282 g/mol. The summed E-state index contributed by atoms with van der Waals surface area (Å²) in [6.45, 7) is 0. The Morgan fingerprint density at radius 2 is 2.23 bits per heavy atom. The number of nitrogens with one attached hydrogen (secondary N) is 2. The predicted molar refractivity (Wildman–Crippen MR) is 80.5 cm³/mol. The van der Waals surface area contributed by atoms with E-state index in [0.29, 0.717) is 25.2 Å². The summed E-state index contributed by atoms with van der Waals surface area (Å²) < 4.78 is 5.50. The number of oxazole rings is 1. The van der Waals surface area contributed by atoms with Gasteiger partial charge >= 0.3 is 0 Å². The largest absolute Gasteiger partial charge is 0.448 e. The number of nitrogens with zero attached hydrogens (tertiary/aromatic N) is 1. The Balaban J connectivity index is 1.63. The SMILES string of the molecule is O=C(CCCc1coc(Cc2c[nH]c3ccccc23)n1)NO. The Morgan fingerprint density at radius 3 is 3.09 bits per heavy atom. The van der Waals surface area contributed by atoms with Gasteiger partial charge in [0.1, 0.15) is 6.26 Å². The van der Waals surface area contributed by atoms with Gasteiger partial charge in [0, 0.05) is 23.5 Å². The molecule has 1 amide bonds. The molecule has 114 valence electrons. The number of hydrogen-bond acceptors (Lipinski definition) is 4. The van der Waals surface area contributed by atoms with Crippen molar-refractivity contribution in [3.05, 3.63) is 53.9 Å². The van der Waals surface area contributed by atoms with Crippen molar-refractivity contribution in [2.45, 2.75) is 25.7 Å². The maximum atomic E-state index is 10.9. The molecule has 6 nitrogen and oxygen atoms in total. The first kappa shape index (κ1) is 14.3. The number of H-pyrrole nitrogens is 1. The second kappa shape index (κ2) is 6.44. The number of para-hydroxylation sites is 1. The van der Waals surface area contributed by atoms with E-state index in [9.17, 15) is 4.79 Å². The Labute approximate surface area is 127 Å². The highest BCUT2D eigenvalue weighted by Gasteiger charge is 2.09. The number of rotatable bonds is 6. The van der Waals surface area contributed by atoms with Crippen molar-refractivity contribution in [3.63, 3.8) is 0 Å². The van der Waals surface area contributed by atoms with Gasteiger partial charge in [0.2, 0.25) is 5.91 Å². The van der Waals surface area contributed by atoms with E-state index in [4.69, 9.17) is 9.62 Å². The van der Waals surface area contributed by atoms with Gasteiger partial charge in [-0.1, -0.05) is 18.2 Å². The molecule has 0 fully saturated rings. The maximum absolute atomic E-state index is 10.9. The van der Waals surface area contributed by atoms with Gasteiger partial charge in [0.05, 0.1) is 12.1 Å². The van der Waals surface area contributed by atoms with Gasteiger partial charge in [-0.3, -0.25) is 10.0 Å². The van der Waals surface area contributed by atoms with Crippen LogP contribution in [0.15, 0.2) is 41.1 Å². The number of carbonyl (C=O) groups excluding carboxylic acids is 1. The average molecular weight is 299 g/mol. The van der Waals surface area contributed by atoms with E-state index in [1.807, 2.05) is 24.4 Å². The number of fused-ring (bicyclic) bond motifs is 1. The molecule has 3 rings (SSSR count). The summed E-state index contributed by atoms with van der Waals surface area (Å²) >= 11 is 0. The summed E-state index contributed by atoms with van der Waals surface area (Å²) in [7, 11) is 0. The summed E-state index contributed by atoms with van der Waals surface area (Å²) in [5.74, 6) is 0.272. The standard InChI is InChI=1S/C16H17N3O3/c20-15(19-21)7-3-4-12-10-22-16(18-12)8-11-9-17-14-6-2-1-5-13(11)14/h1-2,5-6,9-10,17,21H,3-4,7-8H2,(H,19,20). The summed E-state index contributed by atoms with van der Waals surface area (Å²) in [5, 5.41) is 9.60. The lowest BCUT2D eigenvalue weighted by Crippen LogP contribution is -2.18. The first-order chi connectivity index (χ1) is 10.8. The van der Waals surface area contributed by atoms with Crippen LogP contribution in [0.2, 0.25) is 0 Å². The topological polar surface area (TPSA) is 91.2 Å². The van der Waals surface area contributed by atoms with Crippen LogP contribution in [0.3, 0.4) is 0 Å². The second-order valence-corrected chi connectivity index (χ2v) is 5.16. The molecule has 0 saturated heterocycles. The Hall–Kier alpha value is -2.60. The van der Waals surface area contributed by atoms with Gasteiger partial charge in [-0.2, -0.15) is 0 Å². The third-order valence-corrected chi connectivity index (χ3v) is 3.58. The number of carbonyl (C=O) groups is 1. The van der Waals surface area contributed by atoms with Gasteiger partial charge in [-0.25, -0.2) is 10.5 Å². The lowest BCUT2D eigenvalue weighted by atomic mass is 10.1. The average Bonchev–Trinajstić information content (AvgIpc) is 3.15. The highest BCUT2D eigenvalue weighted by atomic mass is 16.5. The molecule has 0 bridgehead atoms. The molecule has 0 unspecified atom stereocenters. The molecule has 0 spiro atoms. The fourth-order valence-electron chi connectivity index (χ4n) is 2.47. The number of amides is 1. The Kier molecular flexibility index (Phi) is 4.20. The minimum atomic E-state index is -0.387. The quantitative estimate of drug-likeness (QED) is 0.482.